The smallest absolute Gasteiger partial charge is 0.277 e. The Balaban J connectivity index is 1.98. The Hall–Kier alpha value is -1.53. The van der Waals surface area contributed by atoms with Crippen LogP contribution in [0.2, 0.25) is 0 Å². The van der Waals surface area contributed by atoms with Gasteiger partial charge in [0.15, 0.2) is 0 Å². The quantitative estimate of drug-likeness (QED) is 0.683. The number of halogens is 1. The molecule has 2 aliphatic rings. The molecule has 1 saturated carbocycles. The Morgan fingerprint density at radius 1 is 1.22 bits per heavy atom. The fourth-order valence-electron chi connectivity index (χ4n) is 4.08. The van der Waals surface area contributed by atoms with Crippen LogP contribution in [0.3, 0.4) is 0 Å². The molecule has 1 N–H and O–H groups in total. The minimum atomic E-state index is -0.539. The van der Waals surface area contributed by atoms with E-state index in [1.165, 1.54) is 25.3 Å². The molecule has 1 atom stereocenters. The molecule has 0 radical (unpaired) electrons. The van der Waals surface area contributed by atoms with E-state index in [4.69, 9.17) is 0 Å². The lowest BCUT2D eigenvalue weighted by molar-refractivity contribution is -0.386. The Morgan fingerprint density at radius 3 is 2.57 bits per heavy atom. The summed E-state index contributed by atoms with van der Waals surface area (Å²) in [6, 6.07) is 4.10. The lowest BCUT2D eigenvalue weighted by Crippen LogP contribution is -2.47. The minimum absolute atomic E-state index is 0.0263. The molecule has 0 spiro atoms. The summed E-state index contributed by atoms with van der Waals surface area (Å²) in [5.41, 5.74) is 0.615. The maximum Gasteiger partial charge on any atom is 0.277 e. The van der Waals surface area contributed by atoms with E-state index in [0.29, 0.717) is 11.5 Å². The monoisotopic (exact) mass is 321 g/mol. The van der Waals surface area contributed by atoms with Crippen molar-refractivity contribution in [3.05, 3.63) is 39.7 Å². The van der Waals surface area contributed by atoms with Gasteiger partial charge in [-0.2, -0.15) is 0 Å². The molecule has 2 fully saturated rings. The van der Waals surface area contributed by atoms with E-state index >= 15 is 0 Å². The highest BCUT2D eigenvalue weighted by Crippen LogP contribution is 2.41. The summed E-state index contributed by atoms with van der Waals surface area (Å²) in [6.45, 7) is 3.57. The summed E-state index contributed by atoms with van der Waals surface area (Å²) in [5.74, 6) is -0.117. The topological polar surface area (TPSA) is 58.4 Å². The third-order valence-electron chi connectivity index (χ3n) is 5.15. The number of nitro benzene ring substituents is 1. The number of nitro groups is 1. The predicted octanol–water partition coefficient (Wildman–Crippen LogP) is 3.26. The highest BCUT2D eigenvalue weighted by Gasteiger charge is 2.35. The van der Waals surface area contributed by atoms with Crippen molar-refractivity contribution in [1.29, 1.82) is 0 Å². The van der Waals surface area contributed by atoms with Gasteiger partial charge in [-0.3, -0.25) is 15.0 Å². The van der Waals surface area contributed by atoms with E-state index in [9.17, 15) is 14.5 Å². The number of nitrogens with zero attached hydrogens (tertiary/aromatic N) is 2. The Bertz CT molecular complexity index is 537. The number of benzene rings is 1. The van der Waals surface area contributed by atoms with E-state index < -0.39 is 10.7 Å². The van der Waals surface area contributed by atoms with Crippen molar-refractivity contribution in [1.82, 2.24) is 10.2 Å². The molecule has 1 aliphatic heterocycles. The summed E-state index contributed by atoms with van der Waals surface area (Å²) in [4.78, 5) is 13.4. The van der Waals surface area contributed by atoms with Crippen molar-refractivity contribution >= 4 is 5.69 Å². The van der Waals surface area contributed by atoms with Crippen molar-refractivity contribution in [2.24, 2.45) is 5.92 Å². The largest absolute Gasteiger partial charge is 0.314 e. The third-order valence-corrected chi connectivity index (χ3v) is 5.15. The van der Waals surface area contributed by atoms with Crippen LogP contribution < -0.4 is 5.32 Å². The average molecular weight is 321 g/mol. The highest BCUT2D eigenvalue weighted by atomic mass is 19.1. The van der Waals surface area contributed by atoms with Crippen LogP contribution in [0.15, 0.2) is 18.2 Å². The molecule has 0 bridgehead atoms. The first kappa shape index (κ1) is 16.3. The first-order valence-electron chi connectivity index (χ1n) is 8.55. The summed E-state index contributed by atoms with van der Waals surface area (Å²) in [6.07, 6.45) is 5.81. The first-order chi connectivity index (χ1) is 11.2. The molecular weight excluding hydrogens is 297 g/mol. The van der Waals surface area contributed by atoms with Crippen LogP contribution in [0.5, 0.6) is 0 Å². The van der Waals surface area contributed by atoms with E-state index in [1.807, 2.05) is 0 Å². The van der Waals surface area contributed by atoms with Crippen LogP contribution in [0, 0.1) is 21.8 Å². The SMILES string of the molecule is O=[N+]([O-])c1cc(F)ccc1[C@@H](C1CCCCC1)N1CCNCC1. The lowest BCUT2D eigenvalue weighted by atomic mass is 9.79. The van der Waals surface area contributed by atoms with Crippen molar-refractivity contribution in [2.45, 2.75) is 38.1 Å². The van der Waals surface area contributed by atoms with E-state index in [-0.39, 0.29) is 11.7 Å². The molecule has 1 aliphatic carbocycles. The molecule has 5 nitrogen and oxygen atoms in total. The normalized spacial score (nSPS) is 22.0. The molecule has 0 aromatic heterocycles. The molecule has 1 saturated heterocycles. The molecule has 1 aromatic rings. The number of rotatable bonds is 4. The molecule has 6 heteroatoms. The molecule has 1 heterocycles. The van der Waals surface area contributed by atoms with Gasteiger partial charge in [-0.25, -0.2) is 4.39 Å². The molecule has 0 unspecified atom stereocenters. The Labute approximate surface area is 136 Å². The van der Waals surface area contributed by atoms with E-state index in [0.717, 1.165) is 45.1 Å². The third kappa shape index (κ3) is 3.70. The second-order valence-electron chi connectivity index (χ2n) is 6.59. The van der Waals surface area contributed by atoms with Crippen LogP contribution >= 0.6 is 0 Å². The molecule has 0 amide bonds. The van der Waals surface area contributed by atoms with Gasteiger partial charge in [0.05, 0.1) is 11.0 Å². The molecule has 23 heavy (non-hydrogen) atoms. The summed E-state index contributed by atoms with van der Waals surface area (Å²) >= 11 is 0. The van der Waals surface area contributed by atoms with Crippen LogP contribution in [0.1, 0.15) is 43.7 Å². The van der Waals surface area contributed by atoms with Crippen molar-refractivity contribution in [2.75, 3.05) is 26.2 Å². The number of hydrogen-bond donors (Lipinski definition) is 1. The zero-order chi connectivity index (χ0) is 16.2. The second-order valence-corrected chi connectivity index (χ2v) is 6.59. The zero-order valence-electron chi connectivity index (χ0n) is 13.3. The fraction of sp³-hybridized carbons (Fsp3) is 0.647. The van der Waals surface area contributed by atoms with Crippen molar-refractivity contribution in [3.63, 3.8) is 0 Å². The van der Waals surface area contributed by atoms with Crippen LogP contribution in [-0.4, -0.2) is 36.0 Å². The maximum absolute atomic E-state index is 13.5. The van der Waals surface area contributed by atoms with Crippen LogP contribution in [0.25, 0.3) is 0 Å². The highest BCUT2D eigenvalue weighted by molar-refractivity contribution is 5.43. The molecule has 1 aromatic carbocycles. The van der Waals surface area contributed by atoms with E-state index in [2.05, 4.69) is 10.2 Å². The van der Waals surface area contributed by atoms with E-state index in [1.54, 1.807) is 6.07 Å². The summed E-state index contributed by atoms with van der Waals surface area (Å²) in [7, 11) is 0. The van der Waals surface area contributed by atoms with Gasteiger partial charge in [-0.1, -0.05) is 19.3 Å². The van der Waals surface area contributed by atoms with Gasteiger partial charge < -0.3 is 5.32 Å². The number of nitrogens with one attached hydrogen (secondary N) is 1. The summed E-state index contributed by atoms with van der Waals surface area (Å²) < 4.78 is 13.5. The average Bonchev–Trinajstić information content (AvgIpc) is 2.58. The van der Waals surface area contributed by atoms with Crippen molar-refractivity contribution in [3.8, 4) is 0 Å². The molecule has 3 rings (SSSR count). The molecule has 126 valence electrons. The lowest BCUT2D eigenvalue weighted by Gasteiger charge is -2.40. The van der Waals surface area contributed by atoms with Gasteiger partial charge in [0.2, 0.25) is 0 Å². The van der Waals surface area contributed by atoms with Crippen LogP contribution in [0.4, 0.5) is 10.1 Å². The van der Waals surface area contributed by atoms with Crippen LogP contribution in [-0.2, 0) is 0 Å². The van der Waals surface area contributed by atoms with Gasteiger partial charge in [-0.05, 0) is 30.9 Å². The van der Waals surface area contributed by atoms with Gasteiger partial charge in [0, 0.05) is 37.8 Å². The summed E-state index contributed by atoms with van der Waals surface area (Å²) in [5, 5.41) is 14.8. The van der Waals surface area contributed by atoms with Gasteiger partial charge in [0.25, 0.3) is 5.69 Å². The Kier molecular flexibility index (Phi) is 5.23. The molecular formula is C17H24FN3O2. The Morgan fingerprint density at radius 2 is 1.91 bits per heavy atom. The predicted molar refractivity (Wildman–Crippen MR) is 86.8 cm³/mol. The van der Waals surface area contributed by atoms with Gasteiger partial charge in [0.1, 0.15) is 5.82 Å². The maximum atomic E-state index is 13.5. The fourth-order valence-corrected chi connectivity index (χ4v) is 4.08. The standard InChI is InChI=1S/C17H24FN3O2/c18-14-6-7-15(16(12-14)21(22)23)17(13-4-2-1-3-5-13)20-10-8-19-9-11-20/h6-7,12-13,17,19H,1-5,8-11H2/t17-/m1/s1. The minimum Gasteiger partial charge on any atom is -0.314 e. The number of hydrogen-bond acceptors (Lipinski definition) is 4. The number of piperazine rings is 1. The van der Waals surface area contributed by atoms with Crippen molar-refractivity contribution < 1.29 is 9.31 Å². The second kappa shape index (κ2) is 7.36. The van der Waals surface area contributed by atoms with Gasteiger partial charge in [-0.15, -0.1) is 0 Å². The zero-order valence-corrected chi connectivity index (χ0v) is 13.3. The van der Waals surface area contributed by atoms with Gasteiger partial charge >= 0.3 is 0 Å². The first-order valence-corrected chi connectivity index (χ1v) is 8.55.